The standard InChI is InChI=1S/C24H29Cl2N3O4S/c1-24(2,3)28-23(31)17-9-4-5-12-21(17)27-22(30)16-8-7-13-29(14-16)34(32,33)15-18-19(25)10-6-11-20(18)26/h4-6,9-12,16H,7-8,13-15H2,1-3H3,(H,27,30)(H,28,31)/t16-/m0/s1. The van der Waals surface area contributed by atoms with E-state index in [0.717, 1.165) is 0 Å². The van der Waals surface area contributed by atoms with Crippen molar-refractivity contribution in [2.45, 2.75) is 44.9 Å². The van der Waals surface area contributed by atoms with Gasteiger partial charge in [0.25, 0.3) is 5.91 Å². The van der Waals surface area contributed by atoms with Crippen LogP contribution >= 0.6 is 23.2 Å². The van der Waals surface area contributed by atoms with Gasteiger partial charge in [0.2, 0.25) is 15.9 Å². The van der Waals surface area contributed by atoms with Crippen LogP contribution in [0.15, 0.2) is 42.5 Å². The van der Waals surface area contributed by atoms with E-state index in [9.17, 15) is 18.0 Å². The molecule has 1 heterocycles. The Labute approximate surface area is 210 Å². The van der Waals surface area contributed by atoms with Crippen molar-refractivity contribution in [1.82, 2.24) is 9.62 Å². The van der Waals surface area contributed by atoms with Crippen LogP contribution in [0.1, 0.15) is 49.5 Å². The van der Waals surface area contributed by atoms with Crippen LogP contribution in [-0.2, 0) is 20.6 Å². The average molecular weight is 526 g/mol. The molecule has 1 atom stereocenters. The van der Waals surface area contributed by atoms with E-state index in [1.54, 1.807) is 42.5 Å². The van der Waals surface area contributed by atoms with Gasteiger partial charge in [0, 0.05) is 34.2 Å². The van der Waals surface area contributed by atoms with E-state index in [0.29, 0.717) is 36.2 Å². The number of nitrogens with zero attached hydrogens (tertiary/aromatic N) is 1. The Morgan fingerprint density at radius 1 is 1.06 bits per heavy atom. The van der Waals surface area contributed by atoms with Crippen LogP contribution in [0.4, 0.5) is 5.69 Å². The summed E-state index contributed by atoms with van der Waals surface area (Å²) >= 11 is 12.3. The second-order valence-corrected chi connectivity index (χ2v) is 12.2. The van der Waals surface area contributed by atoms with Crippen LogP contribution in [0, 0.1) is 5.92 Å². The summed E-state index contributed by atoms with van der Waals surface area (Å²) in [6.07, 6.45) is 1.08. The summed E-state index contributed by atoms with van der Waals surface area (Å²) in [6.45, 7) is 5.99. The van der Waals surface area contributed by atoms with Crippen molar-refractivity contribution >= 4 is 50.7 Å². The fourth-order valence-electron chi connectivity index (χ4n) is 3.79. The van der Waals surface area contributed by atoms with Gasteiger partial charge in [0.1, 0.15) is 0 Å². The first-order valence-electron chi connectivity index (χ1n) is 11.0. The third-order valence-corrected chi connectivity index (χ3v) is 7.93. The predicted octanol–water partition coefficient (Wildman–Crippen LogP) is 4.70. The highest BCUT2D eigenvalue weighted by molar-refractivity contribution is 7.88. The number of halogens is 2. The molecule has 2 aromatic rings. The van der Waals surface area contributed by atoms with Crippen molar-refractivity contribution in [1.29, 1.82) is 0 Å². The lowest BCUT2D eigenvalue weighted by Gasteiger charge is -2.31. The molecule has 0 unspecified atom stereocenters. The number of sulfonamides is 1. The molecule has 3 rings (SSSR count). The molecule has 1 fully saturated rings. The molecular weight excluding hydrogens is 497 g/mol. The number of benzene rings is 2. The lowest BCUT2D eigenvalue weighted by Crippen LogP contribution is -2.44. The highest BCUT2D eigenvalue weighted by Crippen LogP contribution is 2.29. The maximum atomic E-state index is 13.1. The molecule has 10 heteroatoms. The molecule has 1 aliphatic rings. The zero-order valence-electron chi connectivity index (χ0n) is 19.4. The van der Waals surface area contributed by atoms with E-state index in [-0.39, 0.29) is 34.2 Å². The van der Waals surface area contributed by atoms with Gasteiger partial charge in [0.15, 0.2) is 0 Å². The first-order valence-corrected chi connectivity index (χ1v) is 13.4. The summed E-state index contributed by atoms with van der Waals surface area (Å²) in [5.41, 5.74) is 0.643. The third-order valence-electron chi connectivity index (χ3n) is 5.45. The normalized spacial score (nSPS) is 17.3. The maximum absolute atomic E-state index is 13.1. The summed E-state index contributed by atoms with van der Waals surface area (Å²) < 4.78 is 27.5. The number of hydrogen-bond donors (Lipinski definition) is 2. The molecule has 0 bridgehead atoms. The molecule has 2 amide bonds. The largest absolute Gasteiger partial charge is 0.347 e. The molecule has 0 aromatic heterocycles. The number of para-hydroxylation sites is 1. The minimum atomic E-state index is -3.74. The quantitative estimate of drug-likeness (QED) is 0.571. The highest BCUT2D eigenvalue weighted by Gasteiger charge is 2.33. The second kappa shape index (κ2) is 10.6. The molecule has 2 aromatic carbocycles. The summed E-state index contributed by atoms with van der Waals surface area (Å²) in [4.78, 5) is 25.7. The molecule has 1 aliphatic heterocycles. The zero-order chi connectivity index (χ0) is 25.1. The molecule has 1 saturated heterocycles. The molecule has 34 heavy (non-hydrogen) atoms. The van der Waals surface area contributed by atoms with Gasteiger partial charge in [-0.3, -0.25) is 9.59 Å². The zero-order valence-corrected chi connectivity index (χ0v) is 21.7. The number of rotatable bonds is 6. The third kappa shape index (κ3) is 6.72. The summed E-state index contributed by atoms with van der Waals surface area (Å²) in [7, 11) is -3.74. The fraction of sp³-hybridized carbons (Fsp3) is 0.417. The number of carbonyl (C=O) groups excluding carboxylic acids is 2. The number of anilines is 1. The van der Waals surface area contributed by atoms with Crippen LogP contribution in [0.25, 0.3) is 0 Å². The van der Waals surface area contributed by atoms with Gasteiger partial charge in [-0.1, -0.05) is 41.4 Å². The van der Waals surface area contributed by atoms with E-state index in [1.165, 1.54) is 4.31 Å². The smallest absolute Gasteiger partial charge is 0.253 e. The average Bonchev–Trinajstić information content (AvgIpc) is 2.75. The molecule has 0 spiro atoms. The molecule has 184 valence electrons. The van der Waals surface area contributed by atoms with Crippen molar-refractivity contribution in [3.05, 3.63) is 63.6 Å². The Morgan fingerprint density at radius 2 is 1.71 bits per heavy atom. The number of hydrogen-bond acceptors (Lipinski definition) is 4. The minimum absolute atomic E-state index is 0.0482. The van der Waals surface area contributed by atoms with Gasteiger partial charge in [-0.15, -0.1) is 0 Å². The van der Waals surface area contributed by atoms with Gasteiger partial charge >= 0.3 is 0 Å². The fourth-order valence-corrected chi connectivity index (χ4v) is 6.15. The minimum Gasteiger partial charge on any atom is -0.347 e. The van der Waals surface area contributed by atoms with Crippen LogP contribution < -0.4 is 10.6 Å². The number of nitrogens with one attached hydrogen (secondary N) is 2. The van der Waals surface area contributed by atoms with E-state index >= 15 is 0 Å². The number of amides is 2. The Morgan fingerprint density at radius 3 is 2.35 bits per heavy atom. The first-order chi connectivity index (χ1) is 15.9. The van der Waals surface area contributed by atoms with E-state index in [1.807, 2.05) is 20.8 Å². The Balaban J connectivity index is 1.73. The maximum Gasteiger partial charge on any atom is 0.253 e. The molecule has 2 N–H and O–H groups in total. The van der Waals surface area contributed by atoms with Crippen LogP contribution in [0.2, 0.25) is 10.0 Å². The lowest BCUT2D eigenvalue weighted by molar-refractivity contribution is -0.120. The van der Waals surface area contributed by atoms with Crippen molar-refractivity contribution in [2.24, 2.45) is 5.92 Å². The topological polar surface area (TPSA) is 95.6 Å². The molecular formula is C24H29Cl2N3O4S. The van der Waals surface area contributed by atoms with Gasteiger partial charge < -0.3 is 10.6 Å². The molecule has 0 aliphatic carbocycles. The van der Waals surface area contributed by atoms with Crippen molar-refractivity contribution < 1.29 is 18.0 Å². The summed E-state index contributed by atoms with van der Waals surface area (Å²) in [5.74, 6) is -1.51. The van der Waals surface area contributed by atoms with Gasteiger partial charge in [-0.05, 0) is 57.9 Å². The predicted molar refractivity (Wildman–Crippen MR) is 136 cm³/mol. The van der Waals surface area contributed by atoms with Crippen LogP contribution in [-0.4, -0.2) is 43.2 Å². The SMILES string of the molecule is CC(C)(C)NC(=O)c1ccccc1NC(=O)[C@H]1CCCN(S(=O)(=O)Cc2c(Cl)cccc2Cl)C1. The number of carbonyl (C=O) groups is 2. The van der Waals surface area contributed by atoms with Gasteiger partial charge in [0.05, 0.1) is 22.9 Å². The Hall–Kier alpha value is -2.13. The Kier molecular flexibility index (Phi) is 8.29. The van der Waals surface area contributed by atoms with Crippen molar-refractivity contribution in [3.8, 4) is 0 Å². The Bertz CT molecular complexity index is 1160. The monoisotopic (exact) mass is 525 g/mol. The van der Waals surface area contributed by atoms with Gasteiger partial charge in [-0.2, -0.15) is 0 Å². The first kappa shape index (κ1) is 26.5. The highest BCUT2D eigenvalue weighted by atomic mass is 35.5. The van der Waals surface area contributed by atoms with E-state index < -0.39 is 21.5 Å². The van der Waals surface area contributed by atoms with Crippen LogP contribution in [0.3, 0.4) is 0 Å². The summed E-state index contributed by atoms with van der Waals surface area (Å²) in [5, 5.41) is 6.28. The van der Waals surface area contributed by atoms with Crippen molar-refractivity contribution in [2.75, 3.05) is 18.4 Å². The molecule has 7 nitrogen and oxygen atoms in total. The van der Waals surface area contributed by atoms with Crippen molar-refractivity contribution in [3.63, 3.8) is 0 Å². The van der Waals surface area contributed by atoms with E-state index in [4.69, 9.17) is 23.2 Å². The number of piperidine rings is 1. The summed E-state index contributed by atoms with van der Waals surface area (Å²) in [6, 6.07) is 11.6. The molecule has 0 radical (unpaired) electrons. The van der Waals surface area contributed by atoms with Gasteiger partial charge in [-0.25, -0.2) is 12.7 Å². The van der Waals surface area contributed by atoms with E-state index in [2.05, 4.69) is 10.6 Å². The van der Waals surface area contributed by atoms with Crippen LogP contribution in [0.5, 0.6) is 0 Å². The lowest BCUT2D eigenvalue weighted by atomic mass is 9.98. The second-order valence-electron chi connectivity index (χ2n) is 9.39. The molecule has 0 saturated carbocycles.